The summed E-state index contributed by atoms with van der Waals surface area (Å²) >= 11 is 0. The van der Waals surface area contributed by atoms with Crippen molar-refractivity contribution in [1.29, 1.82) is 0 Å². The third kappa shape index (κ3) is 5.56. The van der Waals surface area contributed by atoms with Gasteiger partial charge in [0, 0.05) is 11.8 Å². The van der Waals surface area contributed by atoms with E-state index in [0.29, 0.717) is 11.3 Å². The van der Waals surface area contributed by atoms with Crippen molar-refractivity contribution >= 4 is 35.0 Å². The molecule has 0 unspecified atom stereocenters. The highest BCUT2D eigenvalue weighted by atomic mass is 16.5. The lowest BCUT2D eigenvalue weighted by Crippen LogP contribution is -2.09. The minimum absolute atomic E-state index is 0.250. The van der Waals surface area contributed by atoms with Gasteiger partial charge in [0.25, 0.3) is 0 Å². The number of nitrogens with one attached hydrogen (secondary N) is 2. The van der Waals surface area contributed by atoms with Crippen LogP contribution in [-0.4, -0.2) is 19.0 Å². The molecule has 0 spiro atoms. The Labute approximate surface area is 170 Å². The molecular weight excluding hydrogens is 364 g/mol. The summed E-state index contributed by atoms with van der Waals surface area (Å²) in [5.41, 5.74) is 4.88. The second-order valence-corrected chi connectivity index (χ2v) is 6.47. The summed E-state index contributed by atoms with van der Waals surface area (Å²) in [6.45, 7) is 2.03. The molecular formula is C24H22N2O3. The molecule has 29 heavy (non-hydrogen) atoms. The van der Waals surface area contributed by atoms with Gasteiger partial charge in [-0.1, -0.05) is 42.0 Å². The van der Waals surface area contributed by atoms with Gasteiger partial charge in [-0.3, -0.25) is 4.79 Å². The van der Waals surface area contributed by atoms with Crippen molar-refractivity contribution in [3.63, 3.8) is 0 Å². The van der Waals surface area contributed by atoms with E-state index < -0.39 is 5.97 Å². The minimum Gasteiger partial charge on any atom is -0.465 e. The van der Waals surface area contributed by atoms with Crippen LogP contribution >= 0.6 is 0 Å². The predicted molar refractivity (Wildman–Crippen MR) is 116 cm³/mol. The van der Waals surface area contributed by atoms with Gasteiger partial charge in [0.15, 0.2) is 0 Å². The highest BCUT2D eigenvalue weighted by Crippen LogP contribution is 2.25. The fraction of sp³-hybridized carbons (Fsp3) is 0.0833. The molecule has 0 atom stereocenters. The molecule has 5 nitrogen and oxygen atoms in total. The topological polar surface area (TPSA) is 67.4 Å². The van der Waals surface area contributed by atoms with Crippen LogP contribution in [0.25, 0.3) is 6.08 Å². The molecule has 0 heterocycles. The van der Waals surface area contributed by atoms with Crippen molar-refractivity contribution < 1.29 is 14.3 Å². The summed E-state index contributed by atoms with van der Waals surface area (Å²) < 4.78 is 4.67. The maximum atomic E-state index is 12.4. The summed E-state index contributed by atoms with van der Waals surface area (Å²) in [5.74, 6) is -0.642. The summed E-state index contributed by atoms with van der Waals surface area (Å²) in [4.78, 5) is 23.8. The Kier molecular flexibility index (Phi) is 6.43. The SMILES string of the molecule is COC(=O)c1ccc(/C=C/C(=O)Nc2ccccc2Nc2ccc(C)cc2)cc1. The Balaban J connectivity index is 1.67. The number of carbonyl (C=O) groups is 2. The van der Waals surface area contributed by atoms with Crippen molar-refractivity contribution in [2.24, 2.45) is 0 Å². The number of anilines is 3. The van der Waals surface area contributed by atoms with E-state index in [1.807, 2.05) is 55.5 Å². The first-order valence-electron chi connectivity index (χ1n) is 9.15. The fourth-order valence-electron chi connectivity index (χ4n) is 2.69. The molecule has 0 radical (unpaired) electrons. The molecule has 3 rings (SSSR count). The van der Waals surface area contributed by atoms with Crippen molar-refractivity contribution in [3.8, 4) is 0 Å². The lowest BCUT2D eigenvalue weighted by Gasteiger charge is -2.12. The molecule has 0 aromatic heterocycles. The zero-order chi connectivity index (χ0) is 20.6. The second-order valence-electron chi connectivity index (χ2n) is 6.47. The van der Waals surface area contributed by atoms with Gasteiger partial charge in [0.2, 0.25) is 5.91 Å². The van der Waals surface area contributed by atoms with Crippen molar-refractivity contribution in [3.05, 3.63) is 95.6 Å². The molecule has 5 heteroatoms. The van der Waals surface area contributed by atoms with Crippen LogP contribution in [0.2, 0.25) is 0 Å². The van der Waals surface area contributed by atoms with Crippen LogP contribution < -0.4 is 10.6 Å². The maximum absolute atomic E-state index is 12.4. The van der Waals surface area contributed by atoms with E-state index in [1.165, 1.54) is 18.7 Å². The van der Waals surface area contributed by atoms with E-state index >= 15 is 0 Å². The number of hydrogen-bond acceptors (Lipinski definition) is 4. The molecule has 3 aromatic carbocycles. The van der Waals surface area contributed by atoms with Gasteiger partial charge < -0.3 is 15.4 Å². The zero-order valence-corrected chi connectivity index (χ0v) is 16.3. The zero-order valence-electron chi connectivity index (χ0n) is 16.3. The fourth-order valence-corrected chi connectivity index (χ4v) is 2.69. The first-order chi connectivity index (χ1) is 14.0. The Morgan fingerprint density at radius 3 is 2.17 bits per heavy atom. The predicted octanol–water partition coefficient (Wildman–Crippen LogP) is 5.18. The summed E-state index contributed by atoms with van der Waals surface area (Å²) in [6, 6.07) is 22.4. The summed E-state index contributed by atoms with van der Waals surface area (Å²) in [5, 5.41) is 6.21. The number of carbonyl (C=O) groups excluding carboxylic acids is 2. The van der Waals surface area contributed by atoms with Gasteiger partial charge in [0.1, 0.15) is 0 Å². The number of methoxy groups -OCH3 is 1. The number of ether oxygens (including phenoxy) is 1. The maximum Gasteiger partial charge on any atom is 0.337 e. The molecule has 2 N–H and O–H groups in total. The number of rotatable bonds is 6. The quantitative estimate of drug-likeness (QED) is 0.453. The molecule has 0 aliphatic carbocycles. The standard InChI is InChI=1S/C24H22N2O3/c1-17-7-14-20(15-8-17)25-21-5-3-4-6-22(21)26-23(27)16-11-18-9-12-19(13-10-18)24(28)29-2/h3-16,25H,1-2H3,(H,26,27)/b16-11+. The number of para-hydroxylation sites is 2. The van der Waals surface area contributed by atoms with E-state index in [4.69, 9.17) is 0 Å². The average Bonchev–Trinajstić information content (AvgIpc) is 2.75. The van der Waals surface area contributed by atoms with Crippen LogP contribution in [0.1, 0.15) is 21.5 Å². The normalized spacial score (nSPS) is 10.6. The molecule has 0 saturated carbocycles. The molecule has 0 bridgehead atoms. The van der Waals surface area contributed by atoms with Crippen LogP contribution in [0.15, 0.2) is 78.9 Å². The van der Waals surface area contributed by atoms with Gasteiger partial charge in [0.05, 0.1) is 24.0 Å². The molecule has 3 aromatic rings. The van der Waals surface area contributed by atoms with Crippen molar-refractivity contribution in [2.75, 3.05) is 17.7 Å². The lowest BCUT2D eigenvalue weighted by molar-refractivity contribution is -0.111. The van der Waals surface area contributed by atoms with Crippen LogP contribution in [0, 0.1) is 6.92 Å². The third-order valence-electron chi connectivity index (χ3n) is 4.27. The van der Waals surface area contributed by atoms with E-state index in [2.05, 4.69) is 15.4 Å². The lowest BCUT2D eigenvalue weighted by atomic mass is 10.1. The minimum atomic E-state index is -0.393. The van der Waals surface area contributed by atoms with Gasteiger partial charge in [-0.15, -0.1) is 0 Å². The molecule has 146 valence electrons. The third-order valence-corrected chi connectivity index (χ3v) is 4.27. The van der Waals surface area contributed by atoms with Gasteiger partial charge in [-0.05, 0) is 55.0 Å². The Bertz CT molecular complexity index is 1020. The largest absolute Gasteiger partial charge is 0.465 e. The van der Waals surface area contributed by atoms with E-state index in [9.17, 15) is 9.59 Å². The Morgan fingerprint density at radius 1 is 0.862 bits per heavy atom. The molecule has 0 saturated heterocycles. The number of hydrogen-bond donors (Lipinski definition) is 2. The smallest absolute Gasteiger partial charge is 0.337 e. The molecule has 1 amide bonds. The van der Waals surface area contributed by atoms with Gasteiger partial charge >= 0.3 is 5.97 Å². The first kappa shape index (κ1) is 19.9. The van der Waals surface area contributed by atoms with Gasteiger partial charge in [-0.2, -0.15) is 0 Å². The molecule has 0 fully saturated rings. The highest BCUT2D eigenvalue weighted by molar-refractivity contribution is 6.04. The van der Waals surface area contributed by atoms with E-state index in [0.717, 1.165) is 16.9 Å². The summed E-state index contributed by atoms with van der Waals surface area (Å²) in [6.07, 6.45) is 3.14. The number of esters is 1. The van der Waals surface area contributed by atoms with E-state index in [1.54, 1.807) is 30.3 Å². The number of benzene rings is 3. The van der Waals surface area contributed by atoms with Crippen LogP contribution in [-0.2, 0) is 9.53 Å². The van der Waals surface area contributed by atoms with Crippen molar-refractivity contribution in [1.82, 2.24) is 0 Å². The Hall–Kier alpha value is -3.86. The number of aryl methyl sites for hydroxylation is 1. The first-order valence-corrected chi connectivity index (χ1v) is 9.15. The Morgan fingerprint density at radius 2 is 1.52 bits per heavy atom. The molecule has 0 aliphatic rings. The molecule has 0 aliphatic heterocycles. The highest BCUT2D eigenvalue weighted by Gasteiger charge is 2.06. The monoisotopic (exact) mass is 386 g/mol. The number of amides is 1. The second kappa shape index (κ2) is 9.37. The summed E-state index contributed by atoms with van der Waals surface area (Å²) in [7, 11) is 1.34. The average molecular weight is 386 g/mol. The van der Waals surface area contributed by atoms with Crippen LogP contribution in [0.3, 0.4) is 0 Å². The van der Waals surface area contributed by atoms with Crippen LogP contribution in [0.5, 0.6) is 0 Å². The van der Waals surface area contributed by atoms with Gasteiger partial charge in [-0.25, -0.2) is 4.79 Å². The van der Waals surface area contributed by atoms with Crippen LogP contribution in [0.4, 0.5) is 17.1 Å². The van der Waals surface area contributed by atoms with E-state index in [-0.39, 0.29) is 5.91 Å². The van der Waals surface area contributed by atoms with Crippen molar-refractivity contribution in [2.45, 2.75) is 6.92 Å².